The maximum atomic E-state index is 12.3. The molecule has 6 heteroatoms. The Labute approximate surface area is 119 Å². The summed E-state index contributed by atoms with van der Waals surface area (Å²) in [6.45, 7) is 3.35. The molecular formula is C13H17BrF3NO. The Bertz CT molecular complexity index is 423. The fraction of sp³-hybridized carbons (Fsp3) is 0.538. The van der Waals surface area contributed by atoms with Gasteiger partial charge in [-0.15, -0.1) is 0 Å². The second-order valence-corrected chi connectivity index (χ2v) is 5.47. The molecule has 0 amide bonds. The Hall–Kier alpha value is -0.750. The van der Waals surface area contributed by atoms with Gasteiger partial charge in [0.2, 0.25) is 0 Å². The van der Waals surface area contributed by atoms with Gasteiger partial charge >= 0.3 is 6.18 Å². The molecule has 1 aromatic carbocycles. The highest BCUT2D eigenvalue weighted by atomic mass is 79.9. The van der Waals surface area contributed by atoms with Crippen LogP contribution in [0, 0.1) is 0 Å². The third-order valence-electron chi connectivity index (χ3n) is 2.80. The van der Waals surface area contributed by atoms with Gasteiger partial charge < -0.3 is 10.4 Å². The smallest absolute Gasteiger partial charge is 0.390 e. The van der Waals surface area contributed by atoms with Crippen LogP contribution in [0.1, 0.15) is 38.3 Å². The SMILES string of the molecule is CCC(NC(C)CC(F)(F)F)c1cc(Br)ccc1O. The van der Waals surface area contributed by atoms with Gasteiger partial charge in [0, 0.05) is 22.1 Å². The minimum absolute atomic E-state index is 0.0850. The van der Waals surface area contributed by atoms with Crippen molar-refractivity contribution in [1.29, 1.82) is 0 Å². The van der Waals surface area contributed by atoms with E-state index in [2.05, 4.69) is 21.2 Å². The molecule has 0 saturated heterocycles. The molecule has 1 aromatic rings. The largest absolute Gasteiger partial charge is 0.508 e. The van der Waals surface area contributed by atoms with Crippen LogP contribution in [-0.2, 0) is 0 Å². The number of alkyl halides is 3. The number of nitrogens with one attached hydrogen (secondary N) is 1. The van der Waals surface area contributed by atoms with Crippen molar-refractivity contribution in [2.45, 2.75) is 44.9 Å². The van der Waals surface area contributed by atoms with E-state index in [1.807, 2.05) is 6.92 Å². The van der Waals surface area contributed by atoms with E-state index in [9.17, 15) is 18.3 Å². The minimum Gasteiger partial charge on any atom is -0.508 e. The monoisotopic (exact) mass is 339 g/mol. The van der Waals surface area contributed by atoms with Crippen molar-refractivity contribution in [2.75, 3.05) is 0 Å². The van der Waals surface area contributed by atoms with E-state index in [1.165, 1.54) is 13.0 Å². The number of halogens is 4. The summed E-state index contributed by atoms with van der Waals surface area (Å²) in [7, 11) is 0. The van der Waals surface area contributed by atoms with Crippen LogP contribution in [0.25, 0.3) is 0 Å². The Balaban J connectivity index is 2.80. The van der Waals surface area contributed by atoms with Crippen LogP contribution in [0.3, 0.4) is 0 Å². The van der Waals surface area contributed by atoms with Crippen LogP contribution in [-0.4, -0.2) is 17.3 Å². The summed E-state index contributed by atoms with van der Waals surface area (Å²) in [6.07, 6.45) is -4.49. The summed E-state index contributed by atoms with van der Waals surface area (Å²) in [5.74, 6) is 0.0850. The lowest BCUT2D eigenvalue weighted by atomic mass is 10.0. The quantitative estimate of drug-likeness (QED) is 0.825. The summed E-state index contributed by atoms with van der Waals surface area (Å²) >= 11 is 3.29. The van der Waals surface area contributed by atoms with Crippen LogP contribution >= 0.6 is 15.9 Å². The molecule has 2 unspecified atom stereocenters. The lowest BCUT2D eigenvalue weighted by Gasteiger charge is -2.24. The molecule has 19 heavy (non-hydrogen) atoms. The summed E-state index contributed by atoms with van der Waals surface area (Å²) in [4.78, 5) is 0. The van der Waals surface area contributed by atoms with Gasteiger partial charge in [-0.2, -0.15) is 13.2 Å². The number of aromatic hydroxyl groups is 1. The third kappa shape index (κ3) is 5.40. The summed E-state index contributed by atoms with van der Waals surface area (Å²) in [6, 6.07) is 3.91. The number of hydrogen-bond donors (Lipinski definition) is 2. The highest BCUT2D eigenvalue weighted by Gasteiger charge is 2.31. The number of phenols is 1. The molecule has 0 aromatic heterocycles. The zero-order valence-corrected chi connectivity index (χ0v) is 12.3. The lowest BCUT2D eigenvalue weighted by molar-refractivity contribution is -0.139. The Morgan fingerprint density at radius 3 is 2.53 bits per heavy atom. The van der Waals surface area contributed by atoms with Crippen LogP contribution in [0.5, 0.6) is 5.75 Å². The first-order chi connectivity index (χ1) is 8.73. The number of hydrogen-bond acceptors (Lipinski definition) is 2. The highest BCUT2D eigenvalue weighted by Crippen LogP contribution is 2.30. The number of benzene rings is 1. The van der Waals surface area contributed by atoms with Gasteiger partial charge in [0.05, 0.1) is 6.42 Å². The Kier molecular flexibility index (Phi) is 5.67. The van der Waals surface area contributed by atoms with Crippen LogP contribution in [0.15, 0.2) is 22.7 Å². The van der Waals surface area contributed by atoms with Crippen molar-refractivity contribution in [2.24, 2.45) is 0 Å². The Morgan fingerprint density at radius 1 is 1.37 bits per heavy atom. The molecule has 2 nitrogen and oxygen atoms in total. The number of phenolic OH excluding ortho intramolecular Hbond substituents is 1. The van der Waals surface area contributed by atoms with Gasteiger partial charge in [0.1, 0.15) is 5.75 Å². The van der Waals surface area contributed by atoms with Crippen molar-refractivity contribution in [3.8, 4) is 5.75 Å². The third-order valence-corrected chi connectivity index (χ3v) is 3.29. The van der Waals surface area contributed by atoms with E-state index in [4.69, 9.17) is 0 Å². The van der Waals surface area contributed by atoms with E-state index >= 15 is 0 Å². The molecule has 0 fully saturated rings. The van der Waals surface area contributed by atoms with E-state index in [1.54, 1.807) is 12.1 Å². The lowest BCUT2D eigenvalue weighted by Crippen LogP contribution is -2.34. The normalized spacial score (nSPS) is 15.3. The fourth-order valence-electron chi connectivity index (χ4n) is 1.98. The zero-order valence-electron chi connectivity index (χ0n) is 10.8. The van der Waals surface area contributed by atoms with Crippen molar-refractivity contribution >= 4 is 15.9 Å². The molecule has 0 heterocycles. The standard InChI is InChI=1S/C13H17BrF3NO/c1-3-11(18-8(2)7-13(15,16)17)10-6-9(14)4-5-12(10)19/h4-6,8,11,18-19H,3,7H2,1-2H3. The summed E-state index contributed by atoms with van der Waals surface area (Å²) in [5.41, 5.74) is 0.603. The molecule has 0 aliphatic heterocycles. The maximum Gasteiger partial charge on any atom is 0.390 e. The van der Waals surface area contributed by atoms with E-state index in [-0.39, 0.29) is 11.8 Å². The van der Waals surface area contributed by atoms with Gasteiger partial charge in [0.15, 0.2) is 0 Å². The van der Waals surface area contributed by atoms with Crippen molar-refractivity contribution < 1.29 is 18.3 Å². The average molecular weight is 340 g/mol. The molecule has 0 saturated carbocycles. The molecule has 1 rings (SSSR count). The van der Waals surface area contributed by atoms with Gasteiger partial charge in [0.25, 0.3) is 0 Å². The zero-order chi connectivity index (χ0) is 14.6. The molecule has 0 aliphatic carbocycles. The van der Waals surface area contributed by atoms with E-state index in [0.717, 1.165) is 4.47 Å². The predicted molar refractivity (Wildman–Crippen MR) is 72.1 cm³/mol. The fourth-order valence-corrected chi connectivity index (χ4v) is 2.36. The van der Waals surface area contributed by atoms with Crippen LogP contribution < -0.4 is 5.32 Å². The minimum atomic E-state index is -4.19. The average Bonchev–Trinajstić information content (AvgIpc) is 2.27. The van der Waals surface area contributed by atoms with Gasteiger partial charge in [-0.25, -0.2) is 0 Å². The highest BCUT2D eigenvalue weighted by molar-refractivity contribution is 9.10. The van der Waals surface area contributed by atoms with Crippen molar-refractivity contribution in [3.63, 3.8) is 0 Å². The molecule has 2 N–H and O–H groups in total. The Morgan fingerprint density at radius 2 is 2.00 bits per heavy atom. The molecule has 0 bridgehead atoms. The van der Waals surface area contributed by atoms with Gasteiger partial charge in [-0.05, 0) is 31.5 Å². The molecular weight excluding hydrogens is 323 g/mol. The molecule has 0 aliphatic rings. The van der Waals surface area contributed by atoms with Crippen molar-refractivity contribution in [1.82, 2.24) is 5.32 Å². The van der Waals surface area contributed by atoms with Crippen molar-refractivity contribution in [3.05, 3.63) is 28.2 Å². The molecule has 0 spiro atoms. The second-order valence-electron chi connectivity index (χ2n) is 4.55. The summed E-state index contributed by atoms with van der Waals surface area (Å²) < 4.78 is 37.7. The first-order valence-corrected chi connectivity index (χ1v) is 6.83. The van der Waals surface area contributed by atoms with Crippen LogP contribution in [0.4, 0.5) is 13.2 Å². The molecule has 0 radical (unpaired) electrons. The number of rotatable bonds is 5. The van der Waals surface area contributed by atoms with E-state index < -0.39 is 18.6 Å². The maximum absolute atomic E-state index is 12.3. The van der Waals surface area contributed by atoms with Crippen LogP contribution in [0.2, 0.25) is 0 Å². The molecule has 108 valence electrons. The second kappa shape index (κ2) is 6.61. The van der Waals surface area contributed by atoms with Gasteiger partial charge in [-0.1, -0.05) is 22.9 Å². The predicted octanol–water partition coefficient (Wildman–Crippen LogP) is 4.54. The first kappa shape index (κ1) is 16.3. The first-order valence-electron chi connectivity index (χ1n) is 6.04. The topological polar surface area (TPSA) is 32.3 Å². The van der Waals surface area contributed by atoms with E-state index in [0.29, 0.717) is 12.0 Å². The molecule has 2 atom stereocenters. The summed E-state index contributed by atoms with van der Waals surface area (Å²) in [5, 5.41) is 12.7. The van der Waals surface area contributed by atoms with Gasteiger partial charge in [-0.3, -0.25) is 0 Å².